The molecule has 4 heterocycles. The van der Waals surface area contributed by atoms with Gasteiger partial charge in [-0.25, -0.2) is 14.2 Å². The number of carbonyl (C=O) groups excluding carboxylic acids is 1. The summed E-state index contributed by atoms with van der Waals surface area (Å²) in [6, 6.07) is 8.65. The van der Waals surface area contributed by atoms with Gasteiger partial charge in [0.25, 0.3) is 0 Å². The summed E-state index contributed by atoms with van der Waals surface area (Å²) >= 11 is 6.09. The second-order valence-corrected chi connectivity index (χ2v) is 10.4. The average Bonchev–Trinajstić information content (AvgIpc) is 2.90. The normalized spacial score (nSPS) is 17.8. The third kappa shape index (κ3) is 6.46. The summed E-state index contributed by atoms with van der Waals surface area (Å²) in [4.78, 5) is 34.3. The van der Waals surface area contributed by atoms with Crippen molar-refractivity contribution in [1.29, 1.82) is 0 Å². The van der Waals surface area contributed by atoms with Gasteiger partial charge in [0.2, 0.25) is 5.91 Å². The summed E-state index contributed by atoms with van der Waals surface area (Å²) < 4.78 is 14.6. The fourth-order valence-electron chi connectivity index (χ4n) is 4.74. The maximum absolute atomic E-state index is 14.6. The molecule has 2 amide bonds. The van der Waals surface area contributed by atoms with Crippen LogP contribution in [0, 0.1) is 5.82 Å². The van der Waals surface area contributed by atoms with Gasteiger partial charge in [-0.2, -0.15) is 5.10 Å². The molecule has 1 atom stereocenters. The monoisotopic (exact) mass is 568 g/mol. The van der Waals surface area contributed by atoms with Crippen LogP contribution in [0.2, 0.25) is 5.02 Å². The van der Waals surface area contributed by atoms with E-state index in [0.29, 0.717) is 53.8 Å². The molecule has 0 aliphatic carbocycles. The van der Waals surface area contributed by atoms with Gasteiger partial charge in [0.1, 0.15) is 17.3 Å². The number of hydrogen-bond acceptors (Lipinski definition) is 8. The number of likely N-dealkylation sites (N-methyl/N-ethyl adjacent to an activating group) is 1. The molecule has 0 saturated carbocycles. The van der Waals surface area contributed by atoms with Gasteiger partial charge in [-0.3, -0.25) is 9.69 Å². The number of benzene rings is 1. The average molecular weight is 569 g/mol. The van der Waals surface area contributed by atoms with Crippen LogP contribution in [0.5, 0.6) is 0 Å². The van der Waals surface area contributed by atoms with Crippen molar-refractivity contribution in [1.82, 2.24) is 29.9 Å². The number of nitrogens with one attached hydrogen (secondary N) is 2. The second kappa shape index (κ2) is 12.1. The third-order valence-electron chi connectivity index (χ3n) is 7.17. The summed E-state index contributed by atoms with van der Waals surface area (Å²) in [6.45, 7) is 4.90. The molecule has 2 aromatic heterocycles. The van der Waals surface area contributed by atoms with Crippen molar-refractivity contribution < 1.29 is 19.1 Å². The van der Waals surface area contributed by atoms with E-state index in [4.69, 9.17) is 11.6 Å². The molecule has 0 bridgehead atoms. The van der Waals surface area contributed by atoms with E-state index in [0.717, 1.165) is 26.2 Å². The molecular weight excluding hydrogens is 539 g/mol. The molecule has 0 spiro atoms. The van der Waals surface area contributed by atoms with E-state index < -0.39 is 18.0 Å². The van der Waals surface area contributed by atoms with Gasteiger partial charge in [0.05, 0.1) is 17.4 Å². The van der Waals surface area contributed by atoms with Crippen LogP contribution in [0.15, 0.2) is 42.6 Å². The molecule has 2 fully saturated rings. The Kier molecular flexibility index (Phi) is 8.38. The minimum atomic E-state index is -1.06. The number of hydrogen-bond donors (Lipinski definition) is 3. The number of likely N-dealkylation sites (tertiary alicyclic amines) is 1. The Morgan fingerprint density at radius 1 is 1.10 bits per heavy atom. The van der Waals surface area contributed by atoms with Crippen LogP contribution in [0.1, 0.15) is 24.6 Å². The quantitative estimate of drug-likeness (QED) is 0.368. The van der Waals surface area contributed by atoms with Gasteiger partial charge in [-0.1, -0.05) is 11.6 Å². The van der Waals surface area contributed by atoms with Crippen LogP contribution in [0.25, 0.3) is 11.3 Å². The van der Waals surface area contributed by atoms with E-state index in [1.807, 2.05) is 0 Å². The molecule has 2 aliphatic rings. The molecule has 1 aromatic carbocycles. The molecule has 3 N–H and O–H groups in total. The molecule has 11 nitrogen and oxygen atoms in total. The maximum Gasteiger partial charge on any atom is 0.407 e. The summed E-state index contributed by atoms with van der Waals surface area (Å²) in [5, 5.41) is 24.5. The molecule has 2 aliphatic heterocycles. The lowest BCUT2D eigenvalue weighted by Crippen LogP contribution is -2.45. The van der Waals surface area contributed by atoms with Crippen molar-refractivity contribution in [2.24, 2.45) is 0 Å². The fraction of sp³-hybridized carbons (Fsp3) is 0.370. The van der Waals surface area contributed by atoms with E-state index in [1.54, 1.807) is 24.4 Å². The predicted molar refractivity (Wildman–Crippen MR) is 149 cm³/mol. The van der Waals surface area contributed by atoms with E-state index >= 15 is 0 Å². The molecule has 2 saturated heterocycles. The Hall–Kier alpha value is -3.87. The highest BCUT2D eigenvalue weighted by atomic mass is 35.5. The Bertz CT molecular complexity index is 1400. The first-order chi connectivity index (χ1) is 19.3. The highest BCUT2D eigenvalue weighted by Gasteiger charge is 2.36. The van der Waals surface area contributed by atoms with Crippen molar-refractivity contribution in [3.63, 3.8) is 0 Å². The van der Waals surface area contributed by atoms with Gasteiger partial charge < -0.3 is 25.5 Å². The molecule has 5 rings (SSSR count). The van der Waals surface area contributed by atoms with Gasteiger partial charge in [-0.15, -0.1) is 5.10 Å². The third-order valence-corrected chi connectivity index (χ3v) is 7.40. The topological polar surface area (TPSA) is 127 Å². The highest BCUT2D eigenvalue weighted by molar-refractivity contribution is 6.30. The number of amides is 2. The number of nitrogens with zero attached hydrogens (tertiary/aromatic N) is 6. The lowest BCUT2D eigenvalue weighted by molar-refractivity contribution is -0.116. The fourth-order valence-corrected chi connectivity index (χ4v) is 4.91. The molecule has 13 heteroatoms. The van der Waals surface area contributed by atoms with Crippen molar-refractivity contribution in [3.05, 3.63) is 59.1 Å². The molecule has 0 radical (unpaired) electrons. The summed E-state index contributed by atoms with van der Waals surface area (Å²) in [7, 11) is 2.09. The lowest BCUT2D eigenvalue weighted by Gasteiger charge is -2.38. The zero-order chi connectivity index (χ0) is 28.2. The molecule has 210 valence electrons. The first-order valence-electron chi connectivity index (χ1n) is 13.0. The number of carboxylic acid groups (broad SMARTS) is 1. The van der Waals surface area contributed by atoms with E-state index in [9.17, 15) is 19.1 Å². The van der Waals surface area contributed by atoms with Crippen molar-refractivity contribution in [2.75, 3.05) is 56.9 Å². The molecule has 3 aromatic rings. The van der Waals surface area contributed by atoms with Crippen molar-refractivity contribution >= 4 is 40.8 Å². The van der Waals surface area contributed by atoms with Crippen LogP contribution in [0.3, 0.4) is 0 Å². The van der Waals surface area contributed by atoms with Crippen LogP contribution in [-0.2, 0) is 4.79 Å². The number of anilines is 3. The van der Waals surface area contributed by atoms with Crippen LogP contribution in [-0.4, -0.2) is 93.3 Å². The summed E-state index contributed by atoms with van der Waals surface area (Å²) in [5.41, 5.74) is 1.85. The Morgan fingerprint density at radius 3 is 2.62 bits per heavy atom. The predicted octanol–water partition coefficient (Wildman–Crippen LogP) is 4.08. The van der Waals surface area contributed by atoms with Crippen LogP contribution >= 0.6 is 11.6 Å². The van der Waals surface area contributed by atoms with E-state index in [-0.39, 0.29) is 17.2 Å². The largest absolute Gasteiger partial charge is 0.465 e. The van der Waals surface area contributed by atoms with Gasteiger partial charge in [0, 0.05) is 74.2 Å². The minimum absolute atomic E-state index is 0.139. The number of piperazine rings is 1. The van der Waals surface area contributed by atoms with Crippen LogP contribution < -0.4 is 10.6 Å². The van der Waals surface area contributed by atoms with Gasteiger partial charge in [0.15, 0.2) is 0 Å². The van der Waals surface area contributed by atoms with E-state index in [2.05, 4.69) is 42.7 Å². The first kappa shape index (κ1) is 27.7. The minimum Gasteiger partial charge on any atom is -0.465 e. The highest BCUT2D eigenvalue weighted by Crippen LogP contribution is 2.38. The number of rotatable bonds is 8. The van der Waals surface area contributed by atoms with Crippen molar-refractivity contribution in [3.8, 4) is 11.3 Å². The zero-order valence-electron chi connectivity index (χ0n) is 22.0. The SMILES string of the molecule is CN1CCN(CCC(=O)Nc2cc(Nc3cc(-c4cc(Cl)ccc4F)nnc3C3CCN3C(=O)O)ccn2)CC1. The van der Waals surface area contributed by atoms with Crippen LogP contribution in [0.4, 0.5) is 26.4 Å². The molecule has 1 unspecified atom stereocenters. The maximum atomic E-state index is 14.6. The standard InChI is InChI=1S/C27H30ClFN8O3/c1-35-10-12-36(13-11-35)8-6-25(38)32-24-15-18(4-7-30-24)31-22-16-21(19-14-17(28)2-3-20(19)29)33-34-26(22)23-5-9-37(23)27(39)40/h2-4,7,14-16,23H,5-6,8-13H2,1H3,(H,39,40)(H2,30,31,32,33,38). The molecular formula is C27H30ClFN8O3. The number of carbonyl (C=O) groups is 2. The zero-order valence-corrected chi connectivity index (χ0v) is 22.7. The first-order valence-corrected chi connectivity index (χ1v) is 13.4. The number of pyridine rings is 1. The van der Waals surface area contributed by atoms with Crippen molar-refractivity contribution in [2.45, 2.75) is 18.9 Å². The Labute approximate surface area is 236 Å². The Morgan fingerprint density at radius 2 is 1.90 bits per heavy atom. The Balaban J connectivity index is 1.34. The van der Waals surface area contributed by atoms with Gasteiger partial charge >= 0.3 is 6.09 Å². The summed E-state index contributed by atoms with van der Waals surface area (Å²) in [5.74, 6) is -0.285. The summed E-state index contributed by atoms with van der Waals surface area (Å²) in [6.07, 6.45) is 1.42. The van der Waals surface area contributed by atoms with E-state index in [1.165, 1.54) is 23.1 Å². The second-order valence-electron chi connectivity index (χ2n) is 9.93. The number of aromatic nitrogens is 3. The number of halogens is 2. The van der Waals surface area contributed by atoms with Gasteiger partial charge in [-0.05, 0) is 43.8 Å². The lowest BCUT2D eigenvalue weighted by atomic mass is 9.98. The molecule has 40 heavy (non-hydrogen) atoms. The smallest absolute Gasteiger partial charge is 0.407 e.